The first kappa shape index (κ1) is 7.11. The fourth-order valence-electron chi connectivity index (χ4n) is 0.853. The summed E-state index contributed by atoms with van der Waals surface area (Å²) in [5.41, 5.74) is 5.68. The van der Waals surface area contributed by atoms with Gasteiger partial charge in [-0.2, -0.15) is 0 Å². The maximum Gasteiger partial charge on any atom is -0.0157 e. The Labute approximate surface area is 62.3 Å². The Kier molecular flexibility index (Phi) is 2.30. The van der Waals surface area contributed by atoms with Crippen molar-refractivity contribution in [2.24, 2.45) is 0 Å². The van der Waals surface area contributed by atoms with Gasteiger partial charge in [-0.15, -0.1) is 5.73 Å². The molecule has 52 valence electrons. The Balaban J connectivity index is 2.88. The Hall–Kier alpha value is -1.00. The molecule has 1 aliphatic carbocycles. The summed E-state index contributed by atoms with van der Waals surface area (Å²) in [5, 5.41) is 0. The minimum atomic E-state index is 1.05. The normalized spacial score (nSPS) is 17.4. The summed E-state index contributed by atoms with van der Waals surface area (Å²) in [6.45, 7) is 4.19. The average molecular weight is 132 g/mol. The lowest BCUT2D eigenvalue weighted by Gasteiger charge is -1.93. The van der Waals surface area contributed by atoms with E-state index in [1.165, 1.54) is 11.1 Å². The van der Waals surface area contributed by atoms with Crippen molar-refractivity contribution in [3.05, 3.63) is 41.2 Å². The van der Waals surface area contributed by atoms with Gasteiger partial charge < -0.3 is 0 Å². The fraction of sp³-hybridized carbons (Fsp3) is 0.300. The van der Waals surface area contributed by atoms with E-state index in [-0.39, 0.29) is 0 Å². The van der Waals surface area contributed by atoms with Gasteiger partial charge in [0, 0.05) is 0 Å². The monoisotopic (exact) mass is 132 g/mol. The minimum absolute atomic E-state index is 1.05. The van der Waals surface area contributed by atoms with E-state index in [1.807, 2.05) is 12.2 Å². The predicted octanol–water partition coefficient (Wildman–Crippen LogP) is 2.99. The zero-order valence-corrected chi connectivity index (χ0v) is 6.52. The van der Waals surface area contributed by atoms with Crippen LogP contribution in [0.1, 0.15) is 20.3 Å². The molecule has 0 spiro atoms. The zero-order valence-electron chi connectivity index (χ0n) is 6.52. The minimum Gasteiger partial charge on any atom is -0.120 e. The molecule has 0 aliphatic heterocycles. The fourth-order valence-corrected chi connectivity index (χ4v) is 0.853. The first-order chi connectivity index (χ1) is 4.79. The molecule has 1 aliphatic rings. The van der Waals surface area contributed by atoms with Crippen LogP contribution in [0.15, 0.2) is 41.2 Å². The largest absolute Gasteiger partial charge is 0.120 e. The third-order valence-corrected chi connectivity index (χ3v) is 1.50. The van der Waals surface area contributed by atoms with E-state index in [4.69, 9.17) is 0 Å². The summed E-state index contributed by atoms with van der Waals surface area (Å²) in [7, 11) is 0. The Morgan fingerprint density at radius 2 is 1.60 bits per heavy atom. The van der Waals surface area contributed by atoms with Crippen LogP contribution in [0, 0.1) is 0 Å². The van der Waals surface area contributed by atoms with Crippen LogP contribution in [0.5, 0.6) is 0 Å². The molecular formula is C10H12. The smallest absolute Gasteiger partial charge is 0.0157 e. The molecule has 1 rings (SSSR count). The van der Waals surface area contributed by atoms with Crippen molar-refractivity contribution in [2.45, 2.75) is 20.3 Å². The van der Waals surface area contributed by atoms with Crippen molar-refractivity contribution in [1.29, 1.82) is 0 Å². The highest BCUT2D eigenvalue weighted by atomic mass is 13.9. The predicted molar refractivity (Wildman–Crippen MR) is 44.8 cm³/mol. The Morgan fingerprint density at radius 3 is 2.10 bits per heavy atom. The topological polar surface area (TPSA) is 0 Å². The van der Waals surface area contributed by atoms with E-state index in [1.54, 1.807) is 0 Å². The molecule has 0 aromatic heterocycles. The summed E-state index contributed by atoms with van der Waals surface area (Å²) in [6.07, 6.45) is 9.46. The molecule has 0 heterocycles. The van der Waals surface area contributed by atoms with Crippen LogP contribution in [-0.2, 0) is 0 Å². The molecule has 0 unspecified atom stereocenters. The van der Waals surface area contributed by atoms with Crippen molar-refractivity contribution in [3.8, 4) is 0 Å². The first-order valence-electron chi connectivity index (χ1n) is 3.55. The lowest BCUT2D eigenvalue weighted by molar-refractivity contribution is 1.28. The van der Waals surface area contributed by atoms with Gasteiger partial charge in [-0.3, -0.25) is 0 Å². The second kappa shape index (κ2) is 3.24. The maximum absolute atomic E-state index is 3.10. The van der Waals surface area contributed by atoms with E-state index in [0.29, 0.717) is 0 Å². The molecule has 0 saturated carbocycles. The van der Waals surface area contributed by atoms with Gasteiger partial charge in [-0.25, -0.2) is 0 Å². The summed E-state index contributed by atoms with van der Waals surface area (Å²) >= 11 is 0. The second-order valence-electron chi connectivity index (χ2n) is 2.59. The van der Waals surface area contributed by atoms with E-state index in [0.717, 1.165) is 6.42 Å². The second-order valence-corrected chi connectivity index (χ2v) is 2.59. The molecule has 0 amide bonds. The number of rotatable bonds is 0. The standard InChI is InChI=1S/C10H12/c1-9-5-3-7-10(2)8-4-6-9/h5-8H,3H2,1-2H3. The van der Waals surface area contributed by atoms with Crippen molar-refractivity contribution >= 4 is 0 Å². The third-order valence-electron chi connectivity index (χ3n) is 1.50. The molecule has 0 heteroatoms. The van der Waals surface area contributed by atoms with Crippen LogP contribution in [-0.4, -0.2) is 0 Å². The van der Waals surface area contributed by atoms with Crippen LogP contribution < -0.4 is 0 Å². The number of hydrogen-bond acceptors (Lipinski definition) is 0. The van der Waals surface area contributed by atoms with Crippen LogP contribution in [0.25, 0.3) is 0 Å². The molecule has 10 heavy (non-hydrogen) atoms. The molecule has 0 nitrogen and oxygen atoms in total. The van der Waals surface area contributed by atoms with Crippen molar-refractivity contribution in [3.63, 3.8) is 0 Å². The van der Waals surface area contributed by atoms with Gasteiger partial charge in [0.2, 0.25) is 0 Å². The highest BCUT2D eigenvalue weighted by Gasteiger charge is 1.84. The van der Waals surface area contributed by atoms with E-state index >= 15 is 0 Å². The van der Waals surface area contributed by atoms with E-state index < -0.39 is 0 Å². The average Bonchev–Trinajstić information content (AvgIpc) is 1.84. The molecule has 0 atom stereocenters. The zero-order chi connectivity index (χ0) is 7.40. The van der Waals surface area contributed by atoms with Gasteiger partial charge in [0.25, 0.3) is 0 Å². The Bertz CT molecular complexity index is 211. The van der Waals surface area contributed by atoms with Gasteiger partial charge in [0.05, 0.1) is 0 Å². The molecule has 0 aromatic carbocycles. The number of allylic oxidation sites excluding steroid dienone is 5. The van der Waals surface area contributed by atoms with Gasteiger partial charge in [-0.1, -0.05) is 12.2 Å². The third kappa shape index (κ3) is 2.08. The first-order valence-corrected chi connectivity index (χ1v) is 3.55. The molecule has 0 saturated heterocycles. The summed E-state index contributed by atoms with van der Waals surface area (Å²) < 4.78 is 0. The van der Waals surface area contributed by atoms with Gasteiger partial charge in [0.1, 0.15) is 0 Å². The summed E-state index contributed by atoms with van der Waals surface area (Å²) in [6, 6.07) is 0. The lowest BCUT2D eigenvalue weighted by Crippen LogP contribution is -1.73. The highest BCUT2D eigenvalue weighted by molar-refractivity contribution is 5.25. The van der Waals surface area contributed by atoms with Crippen molar-refractivity contribution < 1.29 is 0 Å². The van der Waals surface area contributed by atoms with Crippen LogP contribution in [0.4, 0.5) is 0 Å². The molecular weight excluding hydrogens is 120 g/mol. The Morgan fingerprint density at radius 1 is 1.10 bits per heavy atom. The highest BCUT2D eigenvalue weighted by Crippen LogP contribution is 2.04. The van der Waals surface area contributed by atoms with Crippen LogP contribution in [0.3, 0.4) is 0 Å². The maximum atomic E-state index is 3.10. The van der Waals surface area contributed by atoms with Gasteiger partial charge in [0.15, 0.2) is 0 Å². The molecule has 0 radical (unpaired) electrons. The van der Waals surface area contributed by atoms with Crippen molar-refractivity contribution in [1.82, 2.24) is 0 Å². The SMILES string of the molecule is CC1=CCC=C(C)C=C=C1. The number of hydrogen-bond donors (Lipinski definition) is 0. The van der Waals surface area contributed by atoms with Crippen LogP contribution >= 0.6 is 0 Å². The molecule has 0 N–H and O–H groups in total. The van der Waals surface area contributed by atoms with E-state index in [2.05, 4.69) is 31.7 Å². The van der Waals surface area contributed by atoms with Gasteiger partial charge in [-0.05, 0) is 43.6 Å². The molecule has 0 aromatic rings. The van der Waals surface area contributed by atoms with E-state index in [9.17, 15) is 0 Å². The molecule has 0 fully saturated rings. The lowest BCUT2D eigenvalue weighted by atomic mass is 10.1. The molecule has 0 bridgehead atoms. The summed E-state index contributed by atoms with van der Waals surface area (Å²) in [5.74, 6) is 0. The summed E-state index contributed by atoms with van der Waals surface area (Å²) in [4.78, 5) is 0. The quantitative estimate of drug-likeness (QED) is 0.444. The van der Waals surface area contributed by atoms with Crippen molar-refractivity contribution in [2.75, 3.05) is 0 Å². The van der Waals surface area contributed by atoms with Gasteiger partial charge >= 0.3 is 0 Å². The van der Waals surface area contributed by atoms with Crippen LogP contribution in [0.2, 0.25) is 0 Å².